The van der Waals surface area contributed by atoms with Crippen LogP contribution in [0, 0.1) is 0 Å². The smallest absolute Gasteiger partial charge is 0.136 e. The number of nitrogens with zero attached hydrogens (tertiary/aromatic N) is 2. The molecule has 0 radical (unpaired) electrons. The molecule has 0 fully saturated rings. The van der Waals surface area contributed by atoms with Crippen LogP contribution >= 0.6 is 0 Å². The predicted molar refractivity (Wildman–Crippen MR) is 91.8 cm³/mol. The van der Waals surface area contributed by atoms with Crippen molar-refractivity contribution in [3.05, 3.63) is 60.8 Å². The Kier molecular flexibility index (Phi) is 4.21. The Morgan fingerprint density at radius 3 is 2.59 bits per heavy atom. The van der Waals surface area contributed by atoms with Gasteiger partial charge in [-0.25, -0.2) is 4.98 Å². The summed E-state index contributed by atoms with van der Waals surface area (Å²) in [6.07, 6.45) is 1.81. The molecule has 0 aliphatic rings. The molecule has 0 bridgehead atoms. The average Bonchev–Trinajstić information content (AvgIpc) is 2.56. The third-order valence-corrected chi connectivity index (χ3v) is 3.63. The number of pyridine rings is 1. The Balaban J connectivity index is 2.04. The van der Waals surface area contributed by atoms with Gasteiger partial charge in [-0.2, -0.15) is 0 Å². The number of aromatic nitrogens is 1. The van der Waals surface area contributed by atoms with Gasteiger partial charge >= 0.3 is 0 Å². The van der Waals surface area contributed by atoms with Crippen molar-refractivity contribution in [1.82, 2.24) is 4.98 Å². The molecule has 0 spiro atoms. The number of fused-ring (bicyclic) bond motifs is 1. The highest BCUT2D eigenvalue weighted by atomic mass is 16.3. The second-order valence-electron chi connectivity index (χ2n) is 5.17. The van der Waals surface area contributed by atoms with Crippen LogP contribution < -0.4 is 10.2 Å². The molecule has 0 aliphatic carbocycles. The van der Waals surface area contributed by atoms with Crippen molar-refractivity contribution in [3.63, 3.8) is 0 Å². The predicted octanol–water partition coefficient (Wildman–Crippen LogP) is 3.41. The molecule has 2 aromatic carbocycles. The van der Waals surface area contributed by atoms with Gasteiger partial charge in [0.05, 0.1) is 6.61 Å². The lowest BCUT2D eigenvalue weighted by Crippen LogP contribution is -2.22. The maximum absolute atomic E-state index is 9.14. The van der Waals surface area contributed by atoms with Crippen molar-refractivity contribution in [1.29, 1.82) is 0 Å². The van der Waals surface area contributed by atoms with E-state index in [-0.39, 0.29) is 6.61 Å². The van der Waals surface area contributed by atoms with Crippen LogP contribution in [0.4, 0.5) is 17.2 Å². The largest absolute Gasteiger partial charge is 0.395 e. The van der Waals surface area contributed by atoms with Crippen molar-refractivity contribution < 1.29 is 5.11 Å². The first-order chi connectivity index (χ1) is 10.8. The highest BCUT2D eigenvalue weighted by Crippen LogP contribution is 2.30. The highest BCUT2D eigenvalue weighted by Gasteiger charge is 2.09. The summed E-state index contributed by atoms with van der Waals surface area (Å²) in [7, 11) is 1.94. The SMILES string of the molecule is CN(CCO)c1nccc2c(Nc3ccccc3)cccc12. The summed E-state index contributed by atoms with van der Waals surface area (Å²) in [6, 6.07) is 18.2. The number of para-hydroxylation sites is 1. The molecule has 0 amide bonds. The second-order valence-corrected chi connectivity index (χ2v) is 5.17. The van der Waals surface area contributed by atoms with Crippen LogP contribution in [0.5, 0.6) is 0 Å². The molecule has 4 nitrogen and oxygen atoms in total. The maximum Gasteiger partial charge on any atom is 0.136 e. The van der Waals surface area contributed by atoms with Crippen molar-refractivity contribution in [3.8, 4) is 0 Å². The fourth-order valence-electron chi connectivity index (χ4n) is 2.54. The zero-order valence-electron chi connectivity index (χ0n) is 12.5. The van der Waals surface area contributed by atoms with E-state index in [1.54, 1.807) is 0 Å². The number of rotatable bonds is 5. The van der Waals surface area contributed by atoms with Gasteiger partial charge in [0.25, 0.3) is 0 Å². The van der Waals surface area contributed by atoms with Crippen LogP contribution in [-0.2, 0) is 0 Å². The van der Waals surface area contributed by atoms with E-state index < -0.39 is 0 Å². The third-order valence-electron chi connectivity index (χ3n) is 3.63. The summed E-state index contributed by atoms with van der Waals surface area (Å²) in [5.74, 6) is 0.878. The van der Waals surface area contributed by atoms with Crippen LogP contribution in [0.2, 0.25) is 0 Å². The molecule has 112 valence electrons. The van der Waals surface area contributed by atoms with Crippen LogP contribution in [-0.4, -0.2) is 30.3 Å². The van der Waals surface area contributed by atoms with Gasteiger partial charge in [0, 0.05) is 41.9 Å². The number of nitrogens with one attached hydrogen (secondary N) is 1. The highest BCUT2D eigenvalue weighted by molar-refractivity contribution is 6.01. The van der Waals surface area contributed by atoms with Crippen molar-refractivity contribution in [2.24, 2.45) is 0 Å². The van der Waals surface area contributed by atoms with Crippen LogP contribution in [0.1, 0.15) is 0 Å². The first kappa shape index (κ1) is 14.4. The number of anilines is 3. The van der Waals surface area contributed by atoms with Gasteiger partial charge in [-0.3, -0.25) is 0 Å². The quantitative estimate of drug-likeness (QED) is 0.757. The molecule has 22 heavy (non-hydrogen) atoms. The molecule has 2 N–H and O–H groups in total. The second kappa shape index (κ2) is 6.45. The standard InChI is InChI=1S/C18H19N3O/c1-21(12-13-22)18-16-8-5-9-17(15(16)10-11-19-18)20-14-6-3-2-4-7-14/h2-11,20,22H,12-13H2,1H3. The molecule has 4 heteroatoms. The number of benzene rings is 2. The molecular weight excluding hydrogens is 274 g/mol. The van der Waals surface area contributed by atoms with Crippen molar-refractivity contribution in [2.45, 2.75) is 0 Å². The Bertz CT molecular complexity index is 759. The summed E-state index contributed by atoms with van der Waals surface area (Å²) in [5.41, 5.74) is 2.10. The van der Waals surface area contributed by atoms with Gasteiger partial charge in [0.15, 0.2) is 0 Å². The zero-order chi connectivity index (χ0) is 15.4. The van der Waals surface area contributed by atoms with E-state index in [1.807, 2.05) is 60.6 Å². The van der Waals surface area contributed by atoms with Crippen LogP contribution in [0.3, 0.4) is 0 Å². The number of hydrogen-bond donors (Lipinski definition) is 2. The van der Waals surface area contributed by atoms with Gasteiger partial charge in [-0.05, 0) is 24.3 Å². The summed E-state index contributed by atoms with van der Waals surface area (Å²) < 4.78 is 0. The molecule has 3 rings (SSSR count). The van der Waals surface area contributed by atoms with Gasteiger partial charge in [0.2, 0.25) is 0 Å². The number of hydrogen-bond acceptors (Lipinski definition) is 4. The lowest BCUT2D eigenvalue weighted by atomic mass is 10.1. The molecular formula is C18H19N3O. The zero-order valence-corrected chi connectivity index (χ0v) is 12.5. The van der Waals surface area contributed by atoms with E-state index in [0.717, 1.165) is 28.0 Å². The molecule has 0 saturated carbocycles. The van der Waals surface area contributed by atoms with E-state index in [4.69, 9.17) is 5.11 Å². The number of likely N-dealkylation sites (N-methyl/N-ethyl adjacent to an activating group) is 1. The summed E-state index contributed by atoms with van der Waals surface area (Å²) in [5, 5.41) is 14.8. The molecule has 1 aromatic heterocycles. The van der Waals surface area contributed by atoms with E-state index in [2.05, 4.69) is 22.4 Å². The molecule has 0 atom stereocenters. The minimum atomic E-state index is 0.108. The van der Waals surface area contributed by atoms with E-state index in [0.29, 0.717) is 6.54 Å². The molecule has 0 aliphatic heterocycles. The van der Waals surface area contributed by atoms with Crippen molar-refractivity contribution >= 4 is 28.0 Å². The molecule has 0 saturated heterocycles. The fraction of sp³-hybridized carbons (Fsp3) is 0.167. The average molecular weight is 293 g/mol. The third kappa shape index (κ3) is 2.87. The maximum atomic E-state index is 9.14. The minimum Gasteiger partial charge on any atom is -0.395 e. The molecule has 0 unspecified atom stereocenters. The van der Waals surface area contributed by atoms with Gasteiger partial charge < -0.3 is 15.3 Å². The van der Waals surface area contributed by atoms with Gasteiger partial charge in [0.1, 0.15) is 5.82 Å². The lowest BCUT2D eigenvalue weighted by Gasteiger charge is -2.19. The van der Waals surface area contributed by atoms with E-state index >= 15 is 0 Å². The molecule has 3 aromatic rings. The minimum absolute atomic E-state index is 0.108. The fourth-order valence-corrected chi connectivity index (χ4v) is 2.54. The van der Waals surface area contributed by atoms with Crippen LogP contribution in [0.15, 0.2) is 60.8 Å². The first-order valence-electron chi connectivity index (χ1n) is 7.31. The Labute approximate surface area is 130 Å². The van der Waals surface area contributed by atoms with Crippen molar-refractivity contribution in [2.75, 3.05) is 30.4 Å². The Morgan fingerprint density at radius 1 is 1.00 bits per heavy atom. The first-order valence-corrected chi connectivity index (χ1v) is 7.31. The van der Waals surface area contributed by atoms with Crippen LogP contribution in [0.25, 0.3) is 10.8 Å². The monoisotopic (exact) mass is 293 g/mol. The summed E-state index contributed by atoms with van der Waals surface area (Å²) in [6.45, 7) is 0.666. The lowest BCUT2D eigenvalue weighted by molar-refractivity contribution is 0.304. The topological polar surface area (TPSA) is 48.4 Å². The van der Waals surface area contributed by atoms with E-state index in [9.17, 15) is 0 Å². The molecule has 1 heterocycles. The van der Waals surface area contributed by atoms with Gasteiger partial charge in [-0.1, -0.05) is 30.3 Å². The summed E-state index contributed by atoms with van der Waals surface area (Å²) >= 11 is 0. The Morgan fingerprint density at radius 2 is 1.82 bits per heavy atom. The number of aliphatic hydroxyl groups is 1. The normalized spacial score (nSPS) is 10.6. The van der Waals surface area contributed by atoms with Gasteiger partial charge in [-0.15, -0.1) is 0 Å². The summed E-state index contributed by atoms with van der Waals surface area (Å²) in [4.78, 5) is 6.43. The Hall–Kier alpha value is -2.59. The number of aliphatic hydroxyl groups excluding tert-OH is 1. The van der Waals surface area contributed by atoms with E-state index in [1.165, 1.54) is 0 Å².